The SMILES string of the molecule is CC.CNC(=O)CC1(C)CC(C(C)C)C1. The summed E-state index contributed by atoms with van der Waals surface area (Å²) < 4.78 is 0. The lowest BCUT2D eigenvalue weighted by Crippen LogP contribution is -2.40. The van der Waals surface area contributed by atoms with Gasteiger partial charge in [-0.1, -0.05) is 34.6 Å². The summed E-state index contributed by atoms with van der Waals surface area (Å²) >= 11 is 0. The van der Waals surface area contributed by atoms with E-state index in [0.29, 0.717) is 6.42 Å². The number of nitrogens with one attached hydrogen (secondary N) is 1. The second-order valence-electron chi connectivity index (χ2n) is 5.07. The molecule has 0 aromatic carbocycles. The minimum absolute atomic E-state index is 0.185. The summed E-state index contributed by atoms with van der Waals surface area (Å²) in [4.78, 5) is 11.2. The summed E-state index contributed by atoms with van der Waals surface area (Å²) in [5.74, 6) is 1.80. The van der Waals surface area contributed by atoms with E-state index < -0.39 is 0 Å². The van der Waals surface area contributed by atoms with Crippen LogP contribution >= 0.6 is 0 Å². The summed E-state index contributed by atoms with van der Waals surface area (Å²) in [7, 11) is 1.71. The molecule has 1 N–H and O–H groups in total. The van der Waals surface area contributed by atoms with Crippen LogP contribution in [0.3, 0.4) is 0 Å². The maximum absolute atomic E-state index is 11.2. The van der Waals surface area contributed by atoms with Crippen LogP contribution < -0.4 is 5.32 Å². The zero-order valence-corrected chi connectivity index (χ0v) is 11.2. The summed E-state index contributed by atoms with van der Waals surface area (Å²) in [5.41, 5.74) is 0.287. The van der Waals surface area contributed by atoms with Crippen molar-refractivity contribution >= 4 is 5.91 Å². The highest BCUT2D eigenvalue weighted by atomic mass is 16.1. The number of hydrogen-bond donors (Lipinski definition) is 1. The zero-order chi connectivity index (χ0) is 12.1. The van der Waals surface area contributed by atoms with Crippen molar-refractivity contribution in [1.82, 2.24) is 5.32 Å². The first-order valence-corrected chi connectivity index (χ1v) is 6.17. The molecule has 0 radical (unpaired) electrons. The van der Waals surface area contributed by atoms with Gasteiger partial charge in [0.15, 0.2) is 0 Å². The lowest BCUT2D eigenvalue weighted by atomic mass is 9.58. The largest absolute Gasteiger partial charge is 0.359 e. The Balaban J connectivity index is 0.000000921. The maximum Gasteiger partial charge on any atom is 0.220 e. The molecule has 0 saturated heterocycles. The highest BCUT2D eigenvalue weighted by Gasteiger charge is 2.42. The maximum atomic E-state index is 11.2. The lowest BCUT2D eigenvalue weighted by Gasteiger charge is -2.47. The van der Waals surface area contributed by atoms with E-state index in [1.807, 2.05) is 13.8 Å². The van der Waals surface area contributed by atoms with Crippen LogP contribution in [-0.4, -0.2) is 13.0 Å². The minimum atomic E-state index is 0.185. The fourth-order valence-electron chi connectivity index (χ4n) is 2.30. The fourth-order valence-corrected chi connectivity index (χ4v) is 2.30. The third-order valence-corrected chi connectivity index (χ3v) is 3.32. The van der Waals surface area contributed by atoms with Gasteiger partial charge in [-0.05, 0) is 30.1 Å². The van der Waals surface area contributed by atoms with Gasteiger partial charge in [-0.3, -0.25) is 4.79 Å². The van der Waals surface area contributed by atoms with E-state index >= 15 is 0 Å². The van der Waals surface area contributed by atoms with Gasteiger partial charge in [0, 0.05) is 13.5 Å². The first kappa shape index (κ1) is 14.5. The molecule has 2 nitrogen and oxygen atoms in total. The van der Waals surface area contributed by atoms with Crippen molar-refractivity contribution in [3.63, 3.8) is 0 Å². The predicted molar refractivity (Wildman–Crippen MR) is 65.7 cm³/mol. The topological polar surface area (TPSA) is 29.1 Å². The standard InChI is InChI=1S/C11H21NO.C2H6/c1-8(2)9-5-11(3,6-9)7-10(13)12-4;1-2/h8-9H,5-7H2,1-4H3,(H,12,13);1-2H3. The molecule has 1 rings (SSSR count). The molecule has 90 valence electrons. The molecule has 0 aromatic heterocycles. The molecule has 0 atom stereocenters. The second kappa shape index (κ2) is 6.14. The van der Waals surface area contributed by atoms with Crippen molar-refractivity contribution < 1.29 is 4.79 Å². The molecule has 1 saturated carbocycles. The summed E-state index contributed by atoms with van der Waals surface area (Å²) in [5, 5.41) is 2.69. The van der Waals surface area contributed by atoms with Crippen LogP contribution in [0.15, 0.2) is 0 Å². The van der Waals surface area contributed by atoms with Gasteiger partial charge in [0.2, 0.25) is 5.91 Å². The van der Waals surface area contributed by atoms with Crippen LogP contribution in [0.4, 0.5) is 0 Å². The van der Waals surface area contributed by atoms with Crippen LogP contribution in [0.1, 0.15) is 53.9 Å². The Morgan fingerprint density at radius 3 is 2.20 bits per heavy atom. The van der Waals surface area contributed by atoms with Crippen molar-refractivity contribution in [2.45, 2.75) is 53.9 Å². The van der Waals surface area contributed by atoms with E-state index in [-0.39, 0.29) is 11.3 Å². The van der Waals surface area contributed by atoms with Crippen LogP contribution in [-0.2, 0) is 4.79 Å². The van der Waals surface area contributed by atoms with Gasteiger partial charge in [-0.15, -0.1) is 0 Å². The second-order valence-corrected chi connectivity index (χ2v) is 5.07. The fraction of sp³-hybridized carbons (Fsp3) is 0.923. The monoisotopic (exact) mass is 213 g/mol. The molecule has 1 aliphatic rings. The third kappa shape index (κ3) is 4.23. The van der Waals surface area contributed by atoms with Gasteiger partial charge >= 0.3 is 0 Å². The number of hydrogen-bond acceptors (Lipinski definition) is 1. The van der Waals surface area contributed by atoms with Crippen molar-refractivity contribution in [1.29, 1.82) is 0 Å². The van der Waals surface area contributed by atoms with Crippen LogP contribution in [0.5, 0.6) is 0 Å². The van der Waals surface area contributed by atoms with Gasteiger partial charge in [0.25, 0.3) is 0 Å². The Hall–Kier alpha value is -0.530. The Morgan fingerprint density at radius 1 is 1.40 bits per heavy atom. The van der Waals surface area contributed by atoms with Crippen molar-refractivity contribution in [2.24, 2.45) is 17.3 Å². The average molecular weight is 213 g/mol. The minimum Gasteiger partial charge on any atom is -0.359 e. The third-order valence-electron chi connectivity index (χ3n) is 3.32. The van der Waals surface area contributed by atoms with E-state index in [4.69, 9.17) is 0 Å². The molecule has 0 spiro atoms. The highest BCUT2D eigenvalue weighted by Crippen LogP contribution is 2.50. The van der Waals surface area contributed by atoms with Crippen molar-refractivity contribution in [3.8, 4) is 0 Å². The van der Waals surface area contributed by atoms with Crippen LogP contribution in [0, 0.1) is 17.3 Å². The van der Waals surface area contributed by atoms with E-state index in [1.165, 1.54) is 12.8 Å². The molecule has 1 aliphatic carbocycles. The van der Waals surface area contributed by atoms with Gasteiger partial charge in [-0.2, -0.15) is 0 Å². The number of rotatable bonds is 3. The van der Waals surface area contributed by atoms with Crippen LogP contribution in [0.2, 0.25) is 0 Å². The molecule has 0 aromatic rings. The van der Waals surface area contributed by atoms with E-state index in [1.54, 1.807) is 7.05 Å². The Bertz CT molecular complexity index is 193. The molecule has 0 heterocycles. The summed E-state index contributed by atoms with van der Waals surface area (Å²) in [6, 6.07) is 0. The van der Waals surface area contributed by atoms with Gasteiger partial charge in [-0.25, -0.2) is 0 Å². The molecular formula is C13H27NO. The molecule has 0 aliphatic heterocycles. The van der Waals surface area contributed by atoms with Crippen molar-refractivity contribution in [3.05, 3.63) is 0 Å². The Morgan fingerprint density at radius 2 is 1.87 bits per heavy atom. The Labute approximate surface area is 94.8 Å². The molecule has 2 heteroatoms. The first-order chi connectivity index (χ1) is 6.97. The van der Waals surface area contributed by atoms with Gasteiger partial charge < -0.3 is 5.32 Å². The van der Waals surface area contributed by atoms with Crippen molar-refractivity contribution in [2.75, 3.05) is 7.05 Å². The molecular weight excluding hydrogens is 186 g/mol. The zero-order valence-electron chi connectivity index (χ0n) is 11.2. The number of carbonyl (C=O) groups is 1. The Kier molecular flexibility index (Phi) is 5.92. The smallest absolute Gasteiger partial charge is 0.220 e. The highest BCUT2D eigenvalue weighted by molar-refractivity contribution is 5.76. The molecule has 1 fully saturated rings. The molecule has 15 heavy (non-hydrogen) atoms. The normalized spacial score (nSPS) is 28.9. The summed E-state index contributed by atoms with van der Waals surface area (Å²) in [6.07, 6.45) is 3.14. The molecule has 0 bridgehead atoms. The van der Waals surface area contributed by atoms with Crippen LogP contribution in [0.25, 0.3) is 0 Å². The number of amides is 1. The van der Waals surface area contributed by atoms with E-state index in [2.05, 4.69) is 26.1 Å². The number of carbonyl (C=O) groups excluding carboxylic acids is 1. The lowest BCUT2D eigenvalue weighted by molar-refractivity contribution is -0.125. The quantitative estimate of drug-likeness (QED) is 0.766. The van der Waals surface area contributed by atoms with E-state index in [0.717, 1.165) is 11.8 Å². The predicted octanol–water partition coefficient (Wildman–Crippen LogP) is 3.22. The first-order valence-electron chi connectivity index (χ1n) is 6.17. The summed E-state index contributed by atoms with van der Waals surface area (Å²) in [6.45, 7) is 10.8. The van der Waals surface area contributed by atoms with E-state index in [9.17, 15) is 4.79 Å². The molecule has 1 amide bonds. The van der Waals surface area contributed by atoms with Gasteiger partial charge in [0.05, 0.1) is 0 Å². The van der Waals surface area contributed by atoms with Gasteiger partial charge in [0.1, 0.15) is 0 Å². The average Bonchev–Trinajstić information content (AvgIpc) is 2.16. The molecule has 0 unspecified atom stereocenters.